The van der Waals surface area contributed by atoms with Gasteiger partial charge in [0.25, 0.3) is 10.1 Å². The van der Waals surface area contributed by atoms with Crippen LogP contribution >= 0.6 is 0 Å². The Kier molecular flexibility index (Phi) is 5.31. The lowest BCUT2D eigenvalue weighted by Crippen LogP contribution is -2.25. The molecule has 0 amide bonds. The van der Waals surface area contributed by atoms with Crippen LogP contribution in [0.15, 0.2) is 59.5 Å². The molecule has 0 unspecified atom stereocenters. The molecule has 5 nitrogen and oxygen atoms in total. The Morgan fingerprint density at radius 3 is 2.18 bits per heavy atom. The Bertz CT molecular complexity index is 695. The van der Waals surface area contributed by atoms with Gasteiger partial charge >= 0.3 is 0 Å². The van der Waals surface area contributed by atoms with E-state index in [4.69, 9.17) is 4.18 Å². The highest BCUT2D eigenvalue weighted by Gasteiger charge is 2.22. The molecule has 0 saturated heterocycles. The lowest BCUT2D eigenvalue weighted by atomic mass is 10.1. The number of aryl methyl sites for hydroxylation is 1. The van der Waals surface area contributed by atoms with Crippen LogP contribution in [0.4, 0.5) is 0 Å². The monoisotopic (exact) mass is 322 g/mol. The van der Waals surface area contributed by atoms with Crippen LogP contribution in [-0.2, 0) is 14.3 Å². The second-order valence-corrected chi connectivity index (χ2v) is 6.59. The number of aliphatic hydroxyl groups excluding tert-OH is 2. The second kappa shape index (κ2) is 7.02. The van der Waals surface area contributed by atoms with Crippen LogP contribution in [0.1, 0.15) is 17.2 Å². The third-order valence-electron chi connectivity index (χ3n) is 3.21. The number of aliphatic hydroxyl groups is 2. The molecule has 0 radical (unpaired) electrons. The van der Waals surface area contributed by atoms with Crippen molar-refractivity contribution in [2.45, 2.75) is 24.0 Å². The highest BCUT2D eigenvalue weighted by atomic mass is 32.2. The molecule has 0 aliphatic carbocycles. The Morgan fingerprint density at radius 1 is 1.00 bits per heavy atom. The van der Waals surface area contributed by atoms with Gasteiger partial charge < -0.3 is 10.2 Å². The smallest absolute Gasteiger partial charge is 0.297 e. The summed E-state index contributed by atoms with van der Waals surface area (Å²) in [6, 6.07) is 14.7. The van der Waals surface area contributed by atoms with Gasteiger partial charge in [0, 0.05) is 0 Å². The fourth-order valence-corrected chi connectivity index (χ4v) is 2.82. The third-order valence-corrected chi connectivity index (χ3v) is 4.51. The molecule has 2 rings (SSSR count). The highest BCUT2D eigenvalue weighted by molar-refractivity contribution is 7.86. The van der Waals surface area contributed by atoms with Crippen LogP contribution in [0.3, 0.4) is 0 Å². The Balaban J connectivity index is 2.01. The van der Waals surface area contributed by atoms with E-state index in [1.165, 1.54) is 12.1 Å². The van der Waals surface area contributed by atoms with E-state index in [0.717, 1.165) is 5.56 Å². The topological polar surface area (TPSA) is 83.8 Å². The largest absolute Gasteiger partial charge is 0.388 e. The average molecular weight is 322 g/mol. The summed E-state index contributed by atoms with van der Waals surface area (Å²) in [7, 11) is -3.96. The molecular formula is C16H18O5S. The van der Waals surface area contributed by atoms with Crippen molar-refractivity contribution in [1.82, 2.24) is 0 Å². The highest BCUT2D eigenvalue weighted by Crippen LogP contribution is 2.19. The van der Waals surface area contributed by atoms with Crippen LogP contribution in [0.2, 0.25) is 0 Å². The normalized spacial score (nSPS) is 14.5. The molecule has 0 spiro atoms. The van der Waals surface area contributed by atoms with Crippen molar-refractivity contribution in [2.24, 2.45) is 0 Å². The summed E-state index contributed by atoms with van der Waals surface area (Å²) in [5.41, 5.74) is 1.42. The molecule has 0 aromatic heterocycles. The summed E-state index contributed by atoms with van der Waals surface area (Å²) in [4.78, 5) is 0.0134. The first-order chi connectivity index (χ1) is 10.4. The van der Waals surface area contributed by atoms with Crippen LogP contribution in [0.25, 0.3) is 0 Å². The maximum atomic E-state index is 12.0. The molecule has 2 atom stereocenters. The minimum absolute atomic E-state index is 0.0134. The van der Waals surface area contributed by atoms with Gasteiger partial charge in [-0.05, 0) is 24.6 Å². The maximum absolute atomic E-state index is 12.0. The first kappa shape index (κ1) is 16.6. The van der Waals surface area contributed by atoms with Crippen LogP contribution in [0, 0.1) is 6.92 Å². The number of hydrogen-bond donors (Lipinski definition) is 2. The van der Waals surface area contributed by atoms with E-state index in [1.54, 1.807) is 42.5 Å². The quantitative estimate of drug-likeness (QED) is 0.792. The predicted octanol–water partition coefficient (Wildman–Crippen LogP) is 1.79. The summed E-state index contributed by atoms with van der Waals surface area (Å²) in [5.74, 6) is 0. The Morgan fingerprint density at radius 2 is 1.59 bits per heavy atom. The van der Waals surface area contributed by atoms with Gasteiger partial charge in [0.2, 0.25) is 0 Å². The molecule has 0 saturated carbocycles. The SMILES string of the molecule is Cc1ccc(S(=O)(=O)OC[C@@H](O)[C@H](O)c2ccccc2)cc1. The summed E-state index contributed by atoms with van der Waals surface area (Å²) in [6.45, 7) is 1.32. The maximum Gasteiger partial charge on any atom is 0.297 e. The van der Waals surface area contributed by atoms with E-state index in [-0.39, 0.29) is 4.90 Å². The lowest BCUT2D eigenvalue weighted by molar-refractivity contribution is -0.00762. The van der Waals surface area contributed by atoms with Gasteiger partial charge in [0.15, 0.2) is 0 Å². The predicted molar refractivity (Wildman–Crippen MR) is 81.7 cm³/mol. The van der Waals surface area contributed by atoms with E-state index >= 15 is 0 Å². The molecule has 118 valence electrons. The molecular weight excluding hydrogens is 304 g/mol. The van der Waals surface area contributed by atoms with Crippen LogP contribution in [0.5, 0.6) is 0 Å². The third kappa shape index (κ3) is 4.14. The zero-order chi connectivity index (χ0) is 16.2. The molecule has 22 heavy (non-hydrogen) atoms. The molecule has 0 aliphatic rings. The molecule has 0 aliphatic heterocycles. The van der Waals surface area contributed by atoms with Crippen molar-refractivity contribution in [3.05, 3.63) is 65.7 Å². The van der Waals surface area contributed by atoms with Gasteiger partial charge in [-0.2, -0.15) is 8.42 Å². The van der Waals surface area contributed by atoms with Crippen molar-refractivity contribution in [3.63, 3.8) is 0 Å². The van der Waals surface area contributed by atoms with Gasteiger partial charge in [-0.1, -0.05) is 48.0 Å². The Labute approximate surface area is 129 Å². The molecule has 0 bridgehead atoms. The molecule has 2 aromatic rings. The van der Waals surface area contributed by atoms with Crippen molar-refractivity contribution in [1.29, 1.82) is 0 Å². The fraction of sp³-hybridized carbons (Fsp3) is 0.250. The van der Waals surface area contributed by atoms with Crippen molar-refractivity contribution in [3.8, 4) is 0 Å². The second-order valence-electron chi connectivity index (χ2n) is 4.97. The van der Waals surface area contributed by atoms with Gasteiger partial charge in [0.05, 0.1) is 11.5 Å². The van der Waals surface area contributed by atoms with E-state index < -0.39 is 28.9 Å². The molecule has 6 heteroatoms. The standard InChI is InChI=1S/C16H18O5S/c1-12-7-9-14(10-8-12)22(19,20)21-11-15(17)16(18)13-5-3-2-4-6-13/h2-10,15-18H,11H2,1H3/t15-,16-/m1/s1. The van der Waals surface area contributed by atoms with Crippen molar-refractivity contribution >= 4 is 10.1 Å². The van der Waals surface area contributed by atoms with Gasteiger partial charge in [-0.15, -0.1) is 0 Å². The molecule has 2 N–H and O–H groups in total. The molecule has 0 heterocycles. The average Bonchev–Trinajstić information content (AvgIpc) is 2.53. The minimum atomic E-state index is -3.96. The summed E-state index contributed by atoms with van der Waals surface area (Å²) in [6.07, 6.45) is -2.56. The number of hydrogen-bond acceptors (Lipinski definition) is 5. The zero-order valence-corrected chi connectivity index (χ0v) is 12.9. The zero-order valence-electron chi connectivity index (χ0n) is 12.1. The summed E-state index contributed by atoms with van der Waals surface area (Å²) < 4.78 is 28.8. The van der Waals surface area contributed by atoms with Crippen LogP contribution < -0.4 is 0 Å². The summed E-state index contributed by atoms with van der Waals surface area (Å²) in [5, 5.41) is 19.9. The van der Waals surface area contributed by atoms with Gasteiger partial charge in [0.1, 0.15) is 12.2 Å². The molecule has 0 fully saturated rings. The van der Waals surface area contributed by atoms with E-state index in [0.29, 0.717) is 5.56 Å². The van der Waals surface area contributed by atoms with Crippen LogP contribution in [-0.4, -0.2) is 31.3 Å². The van der Waals surface area contributed by atoms with Gasteiger partial charge in [-0.3, -0.25) is 4.18 Å². The first-order valence-electron chi connectivity index (χ1n) is 6.77. The molecule has 2 aromatic carbocycles. The number of rotatable bonds is 6. The van der Waals surface area contributed by atoms with E-state index in [2.05, 4.69) is 0 Å². The van der Waals surface area contributed by atoms with Gasteiger partial charge in [-0.25, -0.2) is 0 Å². The Hall–Kier alpha value is -1.73. The minimum Gasteiger partial charge on any atom is -0.388 e. The van der Waals surface area contributed by atoms with Crippen molar-refractivity contribution in [2.75, 3.05) is 6.61 Å². The van der Waals surface area contributed by atoms with E-state index in [9.17, 15) is 18.6 Å². The summed E-state index contributed by atoms with van der Waals surface area (Å²) >= 11 is 0. The lowest BCUT2D eigenvalue weighted by Gasteiger charge is -2.18. The van der Waals surface area contributed by atoms with Crippen molar-refractivity contribution < 1.29 is 22.8 Å². The fourth-order valence-electron chi connectivity index (χ4n) is 1.90. The first-order valence-corrected chi connectivity index (χ1v) is 8.18. The van der Waals surface area contributed by atoms with E-state index in [1.807, 2.05) is 6.92 Å². The number of benzene rings is 2.